The Bertz CT molecular complexity index is 517. The van der Waals surface area contributed by atoms with Gasteiger partial charge in [-0.3, -0.25) is 4.68 Å². The number of ether oxygens (including phenoxy) is 1. The van der Waals surface area contributed by atoms with Crippen LogP contribution in [0.15, 0.2) is 18.5 Å². The van der Waals surface area contributed by atoms with E-state index in [1.165, 1.54) is 5.69 Å². The van der Waals surface area contributed by atoms with Crippen LogP contribution in [0.5, 0.6) is 0 Å². The molecule has 0 atom stereocenters. The lowest BCUT2D eigenvalue weighted by atomic mass is 10.3. The molecule has 0 aliphatic heterocycles. The van der Waals surface area contributed by atoms with Gasteiger partial charge in [0, 0.05) is 51.8 Å². The highest BCUT2D eigenvalue weighted by atomic mass is 16.5. The first-order valence-corrected chi connectivity index (χ1v) is 6.44. The number of methoxy groups -OCH3 is 1. The summed E-state index contributed by atoms with van der Waals surface area (Å²) < 4.78 is 9.08. The van der Waals surface area contributed by atoms with E-state index in [1.807, 2.05) is 30.9 Å². The van der Waals surface area contributed by atoms with E-state index in [2.05, 4.69) is 26.2 Å². The summed E-state index contributed by atoms with van der Waals surface area (Å²) in [6.45, 7) is 4.32. The second kappa shape index (κ2) is 6.38. The van der Waals surface area contributed by atoms with Gasteiger partial charge in [-0.1, -0.05) is 0 Å². The van der Waals surface area contributed by atoms with Crippen molar-refractivity contribution in [3.63, 3.8) is 0 Å². The molecule has 2 aromatic rings. The van der Waals surface area contributed by atoms with Crippen LogP contribution in [-0.4, -0.2) is 39.6 Å². The molecule has 0 unspecified atom stereocenters. The maximum atomic E-state index is 5.03. The van der Waals surface area contributed by atoms with Gasteiger partial charge in [0.2, 0.25) is 5.95 Å². The number of imidazole rings is 1. The van der Waals surface area contributed by atoms with Crippen LogP contribution in [0.25, 0.3) is 0 Å². The Labute approximate surface area is 113 Å². The van der Waals surface area contributed by atoms with Crippen LogP contribution in [0.4, 0.5) is 5.95 Å². The molecule has 19 heavy (non-hydrogen) atoms. The van der Waals surface area contributed by atoms with Crippen molar-refractivity contribution in [1.29, 1.82) is 0 Å². The molecule has 6 heteroatoms. The Morgan fingerprint density at radius 3 is 2.95 bits per heavy atom. The lowest BCUT2D eigenvalue weighted by molar-refractivity contribution is 0.210. The third-order valence-corrected chi connectivity index (χ3v) is 3.02. The van der Waals surface area contributed by atoms with E-state index in [-0.39, 0.29) is 0 Å². The smallest absolute Gasteiger partial charge is 0.203 e. The average Bonchev–Trinajstić information content (AvgIpc) is 2.94. The lowest BCUT2D eigenvalue weighted by Crippen LogP contribution is -2.13. The molecule has 2 aromatic heterocycles. The SMILES string of the molecule is COCCNc1nc(C)cn1CCc1ccnn1C. The van der Waals surface area contributed by atoms with Gasteiger partial charge in [0.15, 0.2) is 0 Å². The van der Waals surface area contributed by atoms with E-state index in [0.29, 0.717) is 6.61 Å². The Balaban J connectivity index is 1.97. The second-order valence-electron chi connectivity index (χ2n) is 4.52. The van der Waals surface area contributed by atoms with Crippen molar-refractivity contribution >= 4 is 5.95 Å². The molecule has 0 saturated heterocycles. The molecule has 0 aliphatic carbocycles. The molecule has 1 N–H and O–H groups in total. The zero-order valence-corrected chi connectivity index (χ0v) is 11.8. The molecular formula is C13H21N5O. The minimum atomic E-state index is 0.674. The van der Waals surface area contributed by atoms with Crippen LogP contribution in [0.3, 0.4) is 0 Å². The quantitative estimate of drug-likeness (QED) is 0.763. The number of nitrogens with one attached hydrogen (secondary N) is 1. The molecule has 2 rings (SSSR count). The highest BCUT2D eigenvalue weighted by molar-refractivity contribution is 5.28. The van der Waals surface area contributed by atoms with Gasteiger partial charge in [-0.25, -0.2) is 4.98 Å². The van der Waals surface area contributed by atoms with Gasteiger partial charge in [0.25, 0.3) is 0 Å². The fraction of sp³-hybridized carbons (Fsp3) is 0.538. The van der Waals surface area contributed by atoms with Crippen LogP contribution in [-0.2, 0) is 24.8 Å². The topological polar surface area (TPSA) is 56.9 Å². The van der Waals surface area contributed by atoms with E-state index >= 15 is 0 Å². The molecule has 0 radical (unpaired) electrons. The molecule has 0 aromatic carbocycles. The first-order chi connectivity index (χ1) is 9.20. The van der Waals surface area contributed by atoms with Crippen molar-refractivity contribution in [2.24, 2.45) is 7.05 Å². The van der Waals surface area contributed by atoms with Gasteiger partial charge < -0.3 is 14.6 Å². The molecule has 104 valence electrons. The van der Waals surface area contributed by atoms with E-state index < -0.39 is 0 Å². The zero-order chi connectivity index (χ0) is 13.7. The van der Waals surface area contributed by atoms with E-state index in [1.54, 1.807) is 7.11 Å². The summed E-state index contributed by atoms with van der Waals surface area (Å²) >= 11 is 0. The monoisotopic (exact) mass is 263 g/mol. The van der Waals surface area contributed by atoms with E-state index in [9.17, 15) is 0 Å². The van der Waals surface area contributed by atoms with Crippen LogP contribution in [0, 0.1) is 6.92 Å². The first kappa shape index (κ1) is 13.6. The fourth-order valence-electron chi connectivity index (χ4n) is 2.00. The number of nitrogens with zero attached hydrogens (tertiary/aromatic N) is 4. The summed E-state index contributed by atoms with van der Waals surface area (Å²) in [6.07, 6.45) is 4.82. The number of anilines is 1. The molecule has 0 fully saturated rings. The van der Waals surface area contributed by atoms with Crippen molar-refractivity contribution < 1.29 is 4.74 Å². The Hall–Kier alpha value is -1.82. The summed E-state index contributed by atoms with van der Waals surface area (Å²) in [5, 5.41) is 7.46. The first-order valence-electron chi connectivity index (χ1n) is 6.44. The van der Waals surface area contributed by atoms with Crippen molar-refractivity contribution in [2.45, 2.75) is 19.9 Å². The lowest BCUT2D eigenvalue weighted by Gasteiger charge is -2.09. The molecule has 0 bridgehead atoms. The van der Waals surface area contributed by atoms with Crippen LogP contribution in [0.2, 0.25) is 0 Å². The summed E-state index contributed by atoms with van der Waals surface area (Å²) in [7, 11) is 3.66. The van der Waals surface area contributed by atoms with Gasteiger partial charge in [0.05, 0.1) is 12.3 Å². The Kier molecular flexibility index (Phi) is 4.57. The van der Waals surface area contributed by atoms with Gasteiger partial charge in [-0.05, 0) is 13.0 Å². The molecule has 0 aliphatic rings. The van der Waals surface area contributed by atoms with Crippen molar-refractivity contribution in [1.82, 2.24) is 19.3 Å². The summed E-state index contributed by atoms with van der Waals surface area (Å²) in [4.78, 5) is 4.48. The number of aryl methyl sites for hydroxylation is 4. The molecule has 0 saturated carbocycles. The van der Waals surface area contributed by atoms with E-state index in [0.717, 1.165) is 31.2 Å². The Morgan fingerprint density at radius 1 is 1.42 bits per heavy atom. The summed E-state index contributed by atoms with van der Waals surface area (Å²) in [5.74, 6) is 0.900. The van der Waals surface area contributed by atoms with Crippen LogP contribution >= 0.6 is 0 Å². The second-order valence-corrected chi connectivity index (χ2v) is 4.52. The minimum absolute atomic E-state index is 0.674. The van der Waals surface area contributed by atoms with Gasteiger partial charge in [-0.2, -0.15) is 5.10 Å². The highest BCUT2D eigenvalue weighted by Gasteiger charge is 2.06. The maximum Gasteiger partial charge on any atom is 0.203 e. The number of hydrogen-bond acceptors (Lipinski definition) is 4. The van der Waals surface area contributed by atoms with Crippen molar-refractivity contribution in [2.75, 3.05) is 25.6 Å². The van der Waals surface area contributed by atoms with Crippen LogP contribution in [0.1, 0.15) is 11.4 Å². The normalized spacial score (nSPS) is 10.9. The molecule has 2 heterocycles. The van der Waals surface area contributed by atoms with E-state index in [4.69, 9.17) is 4.74 Å². The van der Waals surface area contributed by atoms with Gasteiger partial charge in [-0.15, -0.1) is 0 Å². The maximum absolute atomic E-state index is 5.03. The number of hydrogen-bond donors (Lipinski definition) is 1. The largest absolute Gasteiger partial charge is 0.383 e. The predicted molar refractivity (Wildman–Crippen MR) is 74.2 cm³/mol. The number of rotatable bonds is 7. The Morgan fingerprint density at radius 2 is 2.26 bits per heavy atom. The number of aromatic nitrogens is 4. The minimum Gasteiger partial charge on any atom is -0.383 e. The van der Waals surface area contributed by atoms with Gasteiger partial charge >= 0.3 is 0 Å². The molecular weight excluding hydrogens is 242 g/mol. The predicted octanol–water partition coefficient (Wildman–Crippen LogP) is 1.23. The average molecular weight is 263 g/mol. The fourth-order valence-corrected chi connectivity index (χ4v) is 2.00. The zero-order valence-electron chi connectivity index (χ0n) is 11.8. The molecule has 0 amide bonds. The van der Waals surface area contributed by atoms with Crippen molar-refractivity contribution in [3.8, 4) is 0 Å². The summed E-state index contributed by atoms with van der Waals surface area (Å²) in [5.41, 5.74) is 2.24. The van der Waals surface area contributed by atoms with Crippen molar-refractivity contribution in [3.05, 3.63) is 29.8 Å². The molecule has 6 nitrogen and oxygen atoms in total. The standard InChI is InChI=1S/C13H21N5O/c1-11-10-18(13(16-11)14-7-9-19-3)8-5-12-4-6-15-17(12)2/h4,6,10H,5,7-9H2,1-3H3,(H,14,16). The van der Waals surface area contributed by atoms with Crippen LogP contribution < -0.4 is 5.32 Å². The third kappa shape index (κ3) is 3.57. The third-order valence-electron chi connectivity index (χ3n) is 3.02. The van der Waals surface area contributed by atoms with Gasteiger partial charge in [0.1, 0.15) is 0 Å². The highest BCUT2D eigenvalue weighted by Crippen LogP contribution is 2.10. The summed E-state index contributed by atoms with van der Waals surface area (Å²) in [6, 6.07) is 2.04. The molecule has 0 spiro atoms.